The highest BCUT2D eigenvalue weighted by Crippen LogP contribution is 2.33. The largest absolute Gasteiger partial charge is 0.356 e. The minimum Gasteiger partial charge on any atom is -0.356 e. The Bertz CT molecular complexity index is 756. The van der Waals surface area contributed by atoms with Gasteiger partial charge in [0, 0.05) is 23.9 Å². The third-order valence-corrected chi connectivity index (χ3v) is 4.31. The number of benzene rings is 1. The van der Waals surface area contributed by atoms with E-state index in [-0.39, 0.29) is 24.2 Å². The first-order valence-corrected chi connectivity index (χ1v) is 7.18. The Hall–Kier alpha value is -1.92. The van der Waals surface area contributed by atoms with Gasteiger partial charge in [-0.15, -0.1) is 12.4 Å². The lowest BCUT2D eigenvalue weighted by atomic mass is 9.91. The van der Waals surface area contributed by atoms with E-state index < -0.39 is 5.92 Å². The number of rotatable bonds is 1. The van der Waals surface area contributed by atoms with E-state index in [0.717, 1.165) is 36.0 Å². The highest BCUT2D eigenvalue weighted by atomic mass is 35.5. The molecule has 2 amide bonds. The topological polar surface area (TPSA) is 84.2 Å². The molecule has 22 heavy (non-hydrogen) atoms. The Kier molecular flexibility index (Phi) is 3.88. The smallest absolute Gasteiger partial charge is 0.235 e. The van der Waals surface area contributed by atoms with Gasteiger partial charge in [0.1, 0.15) is 5.69 Å². The number of hydrogen-bond donors (Lipinski definition) is 2. The maximum atomic E-state index is 12.0. The second-order valence-corrected chi connectivity index (χ2v) is 5.58. The van der Waals surface area contributed by atoms with Gasteiger partial charge in [-0.2, -0.15) is 0 Å². The van der Waals surface area contributed by atoms with E-state index in [1.807, 2.05) is 6.07 Å². The molecule has 3 heterocycles. The first-order valence-electron chi connectivity index (χ1n) is 7.18. The number of halogens is 1. The molecule has 0 aliphatic carbocycles. The Balaban J connectivity index is 0.00000144. The van der Waals surface area contributed by atoms with Crippen molar-refractivity contribution in [1.29, 1.82) is 0 Å². The third-order valence-electron chi connectivity index (χ3n) is 4.31. The van der Waals surface area contributed by atoms with Gasteiger partial charge in [0.25, 0.3) is 0 Å². The number of hydrogen-bond acceptors (Lipinski definition) is 5. The number of carbonyl (C=O) groups excluding carboxylic acids is 2. The Morgan fingerprint density at radius 3 is 2.91 bits per heavy atom. The number of nitrogens with one attached hydrogen (secondary N) is 2. The second kappa shape index (κ2) is 5.70. The van der Waals surface area contributed by atoms with Crippen LogP contribution in [0.5, 0.6) is 0 Å². The zero-order valence-corrected chi connectivity index (χ0v) is 12.7. The van der Waals surface area contributed by atoms with Crippen molar-refractivity contribution in [1.82, 2.24) is 15.8 Å². The van der Waals surface area contributed by atoms with Crippen molar-refractivity contribution in [3.63, 3.8) is 0 Å². The van der Waals surface area contributed by atoms with Crippen LogP contribution in [0.15, 0.2) is 16.7 Å². The van der Waals surface area contributed by atoms with Gasteiger partial charge in [0.05, 0.1) is 5.92 Å². The zero-order valence-electron chi connectivity index (χ0n) is 11.8. The van der Waals surface area contributed by atoms with Crippen LogP contribution in [-0.4, -0.2) is 23.5 Å². The first kappa shape index (κ1) is 15.0. The standard InChI is InChI=1S/C15H15N3O3.ClH/c19-12-4-3-10(15(20)17-12)13-9-2-1-8-5-6-16-7-11(8)14(9)21-18-13;/h1-2,10,16H,3-7H2,(H,17,19,20);1H. The summed E-state index contributed by atoms with van der Waals surface area (Å²) in [5.74, 6) is -0.901. The predicted molar refractivity (Wildman–Crippen MR) is 81.8 cm³/mol. The molecule has 1 aromatic heterocycles. The lowest BCUT2D eigenvalue weighted by molar-refractivity contribution is -0.134. The summed E-state index contributed by atoms with van der Waals surface area (Å²) < 4.78 is 5.52. The number of fused-ring (bicyclic) bond motifs is 3. The Morgan fingerprint density at radius 2 is 2.09 bits per heavy atom. The SMILES string of the molecule is Cl.O=C1CCC(c2noc3c4c(ccc23)CCNC4)C(=O)N1. The normalized spacial score (nSPS) is 21.2. The van der Waals surface area contributed by atoms with Crippen LogP contribution >= 0.6 is 12.4 Å². The number of nitrogens with zero attached hydrogens (tertiary/aromatic N) is 1. The molecule has 1 saturated heterocycles. The Labute approximate surface area is 133 Å². The van der Waals surface area contributed by atoms with E-state index in [0.29, 0.717) is 18.5 Å². The summed E-state index contributed by atoms with van der Waals surface area (Å²) in [5, 5.41) is 10.7. The molecule has 116 valence electrons. The van der Waals surface area contributed by atoms with Crippen molar-refractivity contribution in [2.75, 3.05) is 6.54 Å². The van der Waals surface area contributed by atoms with Crippen molar-refractivity contribution in [2.45, 2.75) is 31.7 Å². The molecule has 2 aliphatic heterocycles. The molecule has 6 nitrogen and oxygen atoms in total. The minimum absolute atomic E-state index is 0. The fraction of sp³-hybridized carbons (Fsp3) is 0.400. The number of piperidine rings is 1. The summed E-state index contributed by atoms with van der Waals surface area (Å²) >= 11 is 0. The fourth-order valence-corrected chi connectivity index (χ4v) is 3.19. The van der Waals surface area contributed by atoms with Gasteiger partial charge < -0.3 is 9.84 Å². The van der Waals surface area contributed by atoms with Gasteiger partial charge in [-0.1, -0.05) is 11.2 Å². The molecule has 0 bridgehead atoms. The maximum Gasteiger partial charge on any atom is 0.235 e. The van der Waals surface area contributed by atoms with E-state index in [1.165, 1.54) is 5.56 Å². The number of aromatic nitrogens is 1. The van der Waals surface area contributed by atoms with Gasteiger partial charge in [-0.25, -0.2) is 0 Å². The van der Waals surface area contributed by atoms with Crippen LogP contribution in [0.3, 0.4) is 0 Å². The van der Waals surface area contributed by atoms with Gasteiger partial charge in [0.15, 0.2) is 5.58 Å². The first-order chi connectivity index (χ1) is 10.2. The summed E-state index contributed by atoms with van der Waals surface area (Å²) in [4.78, 5) is 23.3. The molecule has 0 radical (unpaired) electrons. The van der Waals surface area contributed by atoms with Crippen LogP contribution in [0, 0.1) is 0 Å². The lowest BCUT2D eigenvalue weighted by Crippen LogP contribution is -2.39. The summed E-state index contributed by atoms with van der Waals surface area (Å²) in [6.45, 7) is 1.73. The van der Waals surface area contributed by atoms with Crippen LogP contribution in [0.2, 0.25) is 0 Å². The minimum atomic E-state index is -0.404. The average Bonchev–Trinajstić information content (AvgIpc) is 2.91. The average molecular weight is 322 g/mol. The zero-order chi connectivity index (χ0) is 14.4. The van der Waals surface area contributed by atoms with Crippen molar-refractivity contribution in [3.05, 3.63) is 29.0 Å². The van der Waals surface area contributed by atoms with E-state index in [9.17, 15) is 9.59 Å². The van der Waals surface area contributed by atoms with E-state index in [1.54, 1.807) is 0 Å². The fourth-order valence-electron chi connectivity index (χ4n) is 3.19. The summed E-state index contributed by atoms with van der Waals surface area (Å²) in [5.41, 5.74) is 3.81. The molecule has 2 aliphatic rings. The molecular weight excluding hydrogens is 306 g/mol. The van der Waals surface area contributed by atoms with Crippen molar-refractivity contribution in [3.8, 4) is 0 Å². The molecule has 1 fully saturated rings. The van der Waals surface area contributed by atoms with Gasteiger partial charge in [-0.05, 0) is 31.0 Å². The highest BCUT2D eigenvalue weighted by molar-refractivity contribution is 6.02. The molecule has 0 saturated carbocycles. The molecule has 2 aromatic rings. The maximum absolute atomic E-state index is 12.0. The second-order valence-electron chi connectivity index (χ2n) is 5.58. The summed E-state index contributed by atoms with van der Waals surface area (Å²) in [6, 6.07) is 4.07. The molecule has 0 spiro atoms. The van der Waals surface area contributed by atoms with Crippen LogP contribution in [-0.2, 0) is 22.6 Å². The van der Waals surface area contributed by atoms with Crippen LogP contribution in [0.4, 0.5) is 0 Å². The number of amides is 2. The van der Waals surface area contributed by atoms with Gasteiger partial charge >= 0.3 is 0 Å². The van der Waals surface area contributed by atoms with E-state index in [2.05, 4.69) is 21.9 Å². The van der Waals surface area contributed by atoms with Crippen LogP contribution in [0.25, 0.3) is 11.0 Å². The highest BCUT2D eigenvalue weighted by Gasteiger charge is 2.32. The summed E-state index contributed by atoms with van der Waals surface area (Å²) in [6.07, 6.45) is 1.80. The van der Waals surface area contributed by atoms with E-state index in [4.69, 9.17) is 4.52 Å². The molecule has 1 atom stereocenters. The molecule has 2 N–H and O–H groups in total. The molecule has 1 aromatic carbocycles. The lowest BCUT2D eigenvalue weighted by Gasteiger charge is -2.19. The third kappa shape index (κ3) is 2.28. The van der Waals surface area contributed by atoms with Gasteiger partial charge in [-0.3, -0.25) is 14.9 Å². The molecule has 1 unspecified atom stereocenters. The molecule has 7 heteroatoms. The number of imide groups is 1. The molecule has 4 rings (SSSR count). The summed E-state index contributed by atoms with van der Waals surface area (Å²) in [7, 11) is 0. The van der Waals surface area contributed by atoms with Crippen molar-refractivity contribution in [2.24, 2.45) is 0 Å². The number of carbonyl (C=O) groups is 2. The molecular formula is C15H16ClN3O3. The van der Waals surface area contributed by atoms with Crippen LogP contribution < -0.4 is 10.6 Å². The predicted octanol–water partition coefficient (Wildman–Crippen LogP) is 1.42. The van der Waals surface area contributed by atoms with Crippen molar-refractivity contribution >= 4 is 35.2 Å². The van der Waals surface area contributed by atoms with Gasteiger partial charge in [0.2, 0.25) is 11.8 Å². The van der Waals surface area contributed by atoms with Crippen LogP contribution in [0.1, 0.15) is 35.6 Å². The van der Waals surface area contributed by atoms with E-state index >= 15 is 0 Å². The Morgan fingerprint density at radius 1 is 1.23 bits per heavy atom. The monoisotopic (exact) mass is 321 g/mol. The van der Waals surface area contributed by atoms with Crippen molar-refractivity contribution < 1.29 is 14.1 Å². The quantitative estimate of drug-likeness (QED) is 0.776.